The molecule has 6 nitrogen and oxygen atoms in total. The molecule has 0 aromatic carbocycles. The zero-order valence-corrected chi connectivity index (χ0v) is 20.5. The molecule has 4 heterocycles. The van der Waals surface area contributed by atoms with Crippen molar-refractivity contribution in [3.05, 3.63) is 47.3 Å². The smallest absolute Gasteiger partial charge is 0.370 e. The third kappa shape index (κ3) is 3.64. The molecule has 1 saturated heterocycles. The van der Waals surface area contributed by atoms with Crippen molar-refractivity contribution in [2.45, 2.75) is 94.6 Å². The van der Waals surface area contributed by atoms with Crippen LogP contribution in [0.15, 0.2) is 24.5 Å². The van der Waals surface area contributed by atoms with E-state index in [0.29, 0.717) is 30.4 Å². The molecule has 5 aliphatic rings. The average Bonchev–Trinajstić information content (AvgIpc) is 3.24. The first-order valence-corrected chi connectivity index (χ1v) is 13.1. The van der Waals surface area contributed by atoms with Gasteiger partial charge in [0.25, 0.3) is 0 Å². The fourth-order valence-corrected chi connectivity index (χ4v) is 6.99. The van der Waals surface area contributed by atoms with Crippen LogP contribution in [0.2, 0.25) is 0 Å². The summed E-state index contributed by atoms with van der Waals surface area (Å²) in [5, 5.41) is 5.34. The normalized spacial score (nSPS) is 34.2. The quantitative estimate of drug-likeness (QED) is 0.435. The van der Waals surface area contributed by atoms with Gasteiger partial charge in [0.15, 0.2) is 5.65 Å². The molecule has 4 saturated carbocycles. The van der Waals surface area contributed by atoms with E-state index in [2.05, 4.69) is 23.2 Å². The van der Waals surface area contributed by atoms with Crippen LogP contribution < -0.4 is 0 Å². The Morgan fingerprint density at radius 3 is 2.58 bits per heavy atom. The molecule has 0 amide bonds. The van der Waals surface area contributed by atoms with Gasteiger partial charge in [-0.3, -0.25) is 4.68 Å². The molecule has 0 N–H and O–H groups in total. The summed E-state index contributed by atoms with van der Waals surface area (Å²) in [4.78, 5) is 14.7. The number of halogens is 3. The number of pyridine rings is 1. The number of ether oxygens (including phenoxy) is 1. The largest absolute Gasteiger partial charge is 0.392 e. The molecule has 1 aliphatic heterocycles. The highest BCUT2D eigenvalue weighted by atomic mass is 19.4. The topological polar surface area (TPSA) is 65.7 Å². The molecule has 0 radical (unpaired) electrons. The van der Waals surface area contributed by atoms with E-state index in [1.807, 2.05) is 29.9 Å². The van der Waals surface area contributed by atoms with Gasteiger partial charge in [-0.2, -0.15) is 18.3 Å². The summed E-state index contributed by atoms with van der Waals surface area (Å²) in [5.41, 5.74) is 2.75. The number of alkyl halides is 3. The summed E-state index contributed by atoms with van der Waals surface area (Å²) in [6, 6.07) is 4.36. The van der Waals surface area contributed by atoms with Crippen LogP contribution in [0.3, 0.4) is 0 Å². The second-order valence-electron chi connectivity index (χ2n) is 11.6. The van der Waals surface area contributed by atoms with E-state index < -0.39 is 17.5 Å². The first-order valence-electron chi connectivity index (χ1n) is 13.1. The van der Waals surface area contributed by atoms with Crippen molar-refractivity contribution < 1.29 is 17.9 Å². The number of aryl methyl sites for hydroxylation is 1. The van der Waals surface area contributed by atoms with Gasteiger partial charge in [0.1, 0.15) is 5.82 Å². The maximum Gasteiger partial charge on any atom is 0.392 e. The lowest BCUT2D eigenvalue weighted by molar-refractivity contribution is -0.180. The van der Waals surface area contributed by atoms with E-state index in [1.54, 1.807) is 0 Å². The van der Waals surface area contributed by atoms with E-state index in [1.165, 1.54) is 12.8 Å². The Bertz CT molecular complexity index is 1330. The average molecular weight is 498 g/mol. The number of hydrogen-bond donors (Lipinski definition) is 0. The first-order chi connectivity index (χ1) is 17.2. The Morgan fingerprint density at radius 1 is 1.06 bits per heavy atom. The van der Waals surface area contributed by atoms with Gasteiger partial charge in [0.2, 0.25) is 0 Å². The van der Waals surface area contributed by atoms with Gasteiger partial charge in [-0.15, -0.1) is 0 Å². The van der Waals surface area contributed by atoms with Crippen LogP contribution in [0.1, 0.15) is 92.7 Å². The summed E-state index contributed by atoms with van der Waals surface area (Å²) >= 11 is 0. The van der Waals surface area contributed by atoms with Crippen LogP contribution in [0.25, 0.3) is 11.0 Å². The summed E-state index contributed by atoms with van der Waals surface area (Å²) < 4.78 is 49.4. The Kier molecular flexibility index (Phi) is 4.86. The SMILES string of the molecule is Cc1ccc2c(C34CC(C3)C(C(F)(F)F)C4)nc([C@@H]3C[C@@H](C)O[C@H](c4cnn(C5CC5)c4)C3)nc2n1. The lowest BCUT2D eigenvalue weighted by Gasteiger charge is -2.39. The van der Waals surface area contributed by atoms with Crippen molar-refractivity contribution in [3.8, 4) is 0 Å². The first kappa shape index (κ1) is 22.6. The summed E-state index contributed by atoms with van der Waals surface area (Å²) in [7, 11) is 0. The van der Waals surface area contributed by atoms with Crippen LogP contribution in [0.4, 0.5) is 13.2 Å². The molecule has 0 spiro atoms. The number of nitrogens with zero attached hydrogens (tertiary/aromatic N) is 5. The molecule has 8 rings (SSSR count). The van der Waals surface area contributed by atoms with Gasteiger partial charge in [-0.25, -0.2) is 15.0 Å². The number of hydrogen-bond acceptors (Lipinski definition) is 5. The van der Waals surface area contributed by atoms with Gasteiger partial charge in [-0.05, 0) is 76.8 Å². The minimum Gasteiger partial charge on any atom is -0.370 e. The van der Waals surface area contributed by atoms with Crippen molar-refractivity contribution in [2.75, 3.05) is 0 Å². The maximum absolute atomic E-state index is 13.7. The van der Waals surface area contributed by atoms with E-state index in [0.717, 1.165) is 35.2 Å². The highest BCUT2D eigenvalue weighted by Gasteiger charge is 2.65. The summed E-state index contributed by atoms with van der Waals surface area (Å²) in [6.45, 7) is 3.98. The van der Waals surface area contributed by atoms with E-state index in [4.69, 9.17) is 14.7 Å². The predicted molar refractivity (Wildman–Crippen MR) is 126 cm³/mol. The van der Waals surface area contributed by atoms with Gasteiger partial charge in [-0.1, -0.05) is 0 Å². The second-order valence-corrected chi connectivity index (χ2v) is 11.6. The second kappa shape index (κ2) is 7.73. The minimum atomic E-state index is -4.16. The Hall–Kier alpha value is -2.55. The summed E-state index contributed by atoms with van der Waals surface area (Å²) in [5.74, 6) is -0.800. The Balaban J connectivity index is 1.25. The van der Waals surface area contributed by atoms with E-state index in [-0.39, 0.29) is 30.5 Å². The minimum absolute atomic E-state index is 0.0126. The van der Waals surface area contributed by atoms with Crippen LogP contribution >= 0.6 is 0 Å². The molecule has 3 aromatic rings. The third-order valence-corrected chi connectivity index (χ3v) is 8.92. The third-order valence-electron chi connectivity index (χ3n) is 8.92. The molecule has 5 fully saturated rings. The molecule has 2 bridgehead atoms. The molecule has 190 valence electrons. The molecule has 3 aromatic heterocycles. The van der Waals surface area contributed by atoms with E-state index >= 15 is 0 Å². The molecule has 9 heteroatoms. The van der Waals surface area contributed by atoms with Crippen molar-refractivity contribution in [1.82, 2.24) is 24.7 Å². The maximum atomic E-state index is 13.7. The molecular formula is C27H30F3N5O. The van der Waals surface area contributed by atoms with Gasteiger partial charge in [0, 0.05) is 34.2 Å². The lowest BCUT2D eigenvalue weighted by Crippen LogP contribution is -2.35. The van der Waals surface area contributed by atoms with Crippen molar-refractivity contribution >= 4 is 11.0 Å². The molecule has 36 heavy (non-hydrogen) atoms. The van der Waals surface area contributed by atoms with Crippen LogP contribution in [-0.2, 0) is 10.2 Å². The van der Waals surface area contributed by atoms with Gasteiger partial charge in [0.05, 0.1) is 36.1 Å². The zero-order valence-electron chi connectivity index (χ0n) is 20.5. The number of rotatable bonds is 4. The van der Waals surface area contributed by atoms with Gasteiger partial charge >= 0.3 is 6.18 Å². The highest BCUT2D eigenvalue weighted by molar-refractivity contribution is 5.79. The fourth-order valence-electron chi connectivity index (χ4n) is 6.99. The van der Waals surface area contributed by atoms with Crippen molar-refractivity contribution in [1.29, 1.82) is 0 Å². The standard InChI is InChI=1S/C27H30F3N5O/c1-14-3-6-20-23(26-9-17(10-26)21(11-26)27(28,29)30)33-24(34-25(20)32-14)16-7-15(2)36-22(8-16)18-12-31-35(13-18)19-4-5-19/h3,6,12-13,15-17,19,21-22H,4-5,7-11H2,1-2H3/t15-,16-,17?,21?,22+,26?/m1/s1. The number of fused-ring (bicyclic) bond motifs is 2. The fraction of sp³-hybridized carbons (Fsp3) is 0.630. The Labute approximate surface area is 207 Å². The predicted octanol–water partition coefficient (Wildman–Crippen LogP) is 6.12. The van der Waals surface area contributed by atoms with Crippen LogP contribution in [0.5, 0.6) is 0 Å². The lowest BCUT2D eigenvalue weighted by atomic mass is 9.66. The molecule has 4 aliphatic carbocycles. The van der Waals surface area contributed by atoms with Gasteiger partial charge < -0.3 is 4.74 Å². The monoisotopic (exact) mass is 497 g/mol. The summed E-state index contributed by atoms with van der Waals surface area (Å²) in [6.07, 6.45) is 4.79. The molecule has 1 unspecified atom stereocenters. The number of aromatic nitrogens is 5. The van der Waals surface area contributed by atoms with E-state index in [9.17, 15) is 13.2 Å². The zero-order chi connectivity index (χ0) is 24.8. The Morgan fingerprint density at radius 2 is 1.86 bits per heavy atom. The van der Waals surface area contributed by atoms with Crippen molar-refractivity contribution in [3.63, 3.8) is 0 Å². The molecular weight excluding hydrogens is 467 g/mol. The van der Waals surface area contributed by atoms with Crippen LogP contribution in [0, 0.1) is 18.8 Å². The highest BCUT2D eigenvalue weighted by Crippen LogP contribution is 2.66. The molecule has 4 atom stereocenters. The van der Waals surface area contributed by atoms with Crippen molar-refractivity contribution in [2.24, 2.45) is 11.8 Å². The van der Waals surface area contributed by atoms with Crippen LogP contribution in [-0.4, -0.2) is 37.0 Å².